The van der Waals surface area contributed by atoms with Gasteiger partial charge >= 0.3 is 0 Å². The van der Waals surface area contributed by atoms with Gasteiger partial charge in [-0.1, -0.05) is 17.7 Å². The van der Waals surface area contributed by atoms with Crippen molar-refractivity contribution in [2.24, 2.45) is 0 Å². The molecular formula is C14H10N2O3. The van der Waals surface area contributed by atoms with E-state index in [9.17, 15) is 14.4 Å². The first-order chi connectivity index (χ1) is 9.08. The summed E-state index contributed by atoms with van der Waals surface area (Å²) in [5, 5.41) is 2.70. The number of hydrogen-bond donors (Lipinski definition) is 1. The van der Waals surface area contributed by atoms with Crippen LogP contribution in [-0.2, 0) is 0 Å². The van der Waals surface area contributed by atoms with Crippen molar-refractivity contribution in [3.63, 3.8) is 0 Å². The normalized spacial score (nSPS) is 13.7. The Labute approximate surface area is 108 Å². The Morgan fingerprint density at radius 2 is 1.58 bits per heavy atom. The van der Waals surface area contributed by atoms with Crippen molar-refractivity contribution in [1.82, 2.24) is 9.78 Å². The number of aromatic amines is 1. The zero-order valence-corrected chi connectivity index (χ0v) is 10.1. The van der Waals surface area contributed by atoms with Crippen molar-refractivity contribution in [1.29, 1.82) is 0 Å². The van der Waals surface area contributed by atoms with E-state index in [0.717, 1.165) is 11.6 Å². The van der Waals surface area contributed by atoms with E-state index in [1.165, 1.54) is 10.8 Å². The molecule has 0 unspecified atom stereocenters. The SMILES string of the molecule is Cc1ccc(-n2[nH]c3c(c2=O)C(=O)C=CC3=O)cc1. The second kappa shape index (κ2) is 3.91. The van der Waals surface area contributed by atoms with E-state index in [-0.39, 0.29) is 17.0 Å². The number of aromatic nitrogens is 2. The molecule has 5 nitrogen and oxygen atoms in total. The summed E-state index contributed by atoms with van der Waals surface area (Å²) in [6, 6.07) is 7.20. The van der Waals surface area contributed by atoms with Crippen molar-refractivity contribution in [2.75, 3.05) is 0 Å². The first kappa shape index (κ1) is 11.4. The number of allylic oxidation sites excluding steroid dienone is 2. The highest BCUT2D eigenvalue weighted by atomic mass is 16.2. The first-order valence-electron chi connectivity index (χ1n) is 5.77. The monoisotopic (exact) mass is 254 g/mol. The van der Waals surface area contributed by atoms with E-state index in [1.807, 2.05) is 19.1 Å². The Bertz CT molecular complexity index is 776. The van der Waals surface area contributed by atoms with Crippen molar-refractivity contribution in [3.8, 4) is 5.69 Å². The number of nitrogens with zero attached hydrogens (tertiary/aromatic N) is 1. The third-order valence-electron chi connectivity index (χ3n) is 3.06. The second-order valence-corrected chi connectivity index (χ2v) is 4.40. The summed E-state index contributed by atoms with van der Waals surface area (Å²) in [6.07, 6.45) is 2.29. The summed E-state index contributed by atoms with van der Waals surface area (Å²) >= 11 is 0. The lowest BCUT2D eigenvalue weighted by Gasteiger charge is -2.01. The maximum absolute atomic E-state index is 12.2. The van der Waals surface area contributed by atoms with Crippen LogP contribution in [0.25, 0.3) is 5.69 Å². The van der Waals surface area contributed by atoms with Crippen LogP contribution < -0.4 is 5.56 Å². The van der Waals surface area contributed by atoms with Gasteiger partial charge in [-0.15, -0.1) is 0 Å². The Kier molecular flexibility index (Phi) is 2.35. The second-order valence-electron chi connectivity index (χ2n) is 4.40. The van der Waals surface area contributed by atoms with E-state index in [0.29, 0.717) is 5.69 Å². The number of carbonyl (C=O) groups is 2. The van der Waals surface area contributed by atoms with Gasteiger partial charge in [0.2, 0.25) is 5.78 Å². The molecule has 1 heterocycles. The van der Waals surface area contributed by atoms with Crippen LogP contribution >= 0.6 is 0 Å². The molecule has 1 N–H and O–H groups in total. The van der Waals surface area contributed by atoms with Gasteiger partial charge in [0.1, 0.15) is 11.3 Å². The van der Waals surface area contributed by atoms with Gasteiger partial charge in [0.25, 0.3) is 5.56 Å². The number of rotatable bonds is 1. The van der Waals surface area contributed by atoms with E-state index in [4.69, 9.17) is 0 Å². The fourth-order valence-electron chi connectivity index (χ4n) is 2.04. The molecular weight excluding hydrogens is 244 g/mol. The van der Waals surface area contributed by atoms with Crippen molar-refractivity contribution in [3.05, 3.63) is 63.6 Å². The lowest BCUT2D eigenvalue weighted by atomic mass is 10.0. The molecule has 1 aromatic heterocycles. The van der Waals surface area contributed by atoms with E-state index < -0.39 is 11.3 Å². The molecule has 1 aromatic carbocycles. The van der Waals surface area contributed by atoms with Gasteiger partial charge in [-0.05, 0) is 31.2 Å². The zero-order valence-electron chi connectivity index (χ0n) is 10.1. The van der Waals surface area contributed by atoms with E-state index >= 15 is 0 Å². The number of fused-ring (bicyclic) bond motifs is 1. The lowest BCUT2D eigenvalue weighted by molar-refractivity contribution is 0.0991. The minimum absolute atomic E-state index is 0.0538. The average molecular weight is 254 g/mol. The van der Waals surface area contributed by atoms with Gasteiger partial charge in [-0.3, -0.25) is 19.5 Å². The molecule has 2 aromatic rings. The molecule has 1 aliphatic carbocycles. The molecule has 3 rings (SSSR count). The van der Waals surface area contributed by atoms with Crippen LogP contribution in [-0.4, -0.2) is 21.3 Å². The van der Waals surface area contributed by atoms with E-state index in [2.05, 4.69) is 5.10 Å². The van der Waals surface area contributed by atoms with Crippen LogP contribution in [0.1, 0.15) is 26.4 Å². The summed E-state index contributed by atoms with van der Waals surface area (Å²) in [5.41, 5.74) is 1.11. The van der Waals surface area contributed by atoms with Gasteiger partial charge in [-0.2, -0.15) is 0 Å². The van der Waals surface area contributed by atoms with Crippen LogP contribution in [0, 0.1) is 6.92 Å². The highest BCUT2D eigenvalue weighted by molar-refractivity contribution is 6.21. The molecule has 19 heavy (non-hydrogen) atoms. The Morgan fingerprint density at radius 1 is 0.947 bits per heavy atom. The zero-order chi connectivity index (χ0) is 13.6. The van der Waals surface area contributed by atoms with Crippen LogP contribution in [0.15, 0.2) is 41.2 Å². The molecule has 0 atom stereocenters. The fourth-order valence-corrected chi connectivity index (χ4v) is 2.04. The van der Waals surface area contributed by atoms with Crippen molar-refractivity contribution < 1.29 is 9.59 Å². The molecule has 0 amide bonds. The van der Waals surface area contributed by atoms with Crippen LogP contribution in [0.4, 0.5) is 0 Å². The lowest BCUT2D eigenvalue weighted by Crippen LogP contribution is -2.21. The number of carbonyl (C=O) groups excluding carboxylic acids is 2. The molecule has 5 heteroatoms. The van der Waals surface area contributed by atoms with Crippen molar-refractivity contribution in [2.45, 2.75) is 6.92 Å². The Hall–Kier alpha value is -2.69. The van der Waals surface area contributed by atoms with Gasteiger partial charge in [0, 0.05) is 0 Å². The van der Waals surface area contributed by atoms with Gasteiger partial charge in [0.15, 0.2) is 5.78 Å². The Morgan fingerprint density at radius 3 is 2.21 bits per heavy atom. The van der Waals surface area contributed by atoms with Gasteiger partial charge < -0.3 is 0 Å². The van der Waals surface area contributed by atoms with Crippen molar-refractivity contribution >= 4 is 11.6 Å². The summed E-state index contributed by atoms with van der Waals surface area (Å²) in [4.78, 5) is 35.5. The predicted octanol–water partition coefficient (Wildman–Crippen LogP) is 1.41. The third-order valence-corrected chi connectivity index (χ3v) is 3.06. The smallest absolute Gasteiger partial charge is 0.283 e. The third kappa shape index (κ3) is 1.67. The quantitative estimate of drug-likeness (QED) is 0.836. The number of H-pyrrole nitrogens is 1. The van der Waals surface area contributed by atoms with E-state index in [1.54, 1.807) is 12.1 Å². The maximum Gasteiger partial charge on any atom is 0.283 e. The molecule has 1 aliphatic rings. The number of hydrogen-bond acceptors (Lipinski definition) is 3. The minimum Gasteiger partial charge on any atom is -0.289 e. The minimum atomic E-state index is -0.499. The number of ketones is 2. The number of aryl methyl sites for hydroxylation is 1. The molecule has 0 spiro atoms. The van der Waals surface area contributed by atoms with Gasteiger partial charge in [-0.25, -0.2) is 4.68 Å². The molecule has 0 bridgehead atoms. The molecule has 0 saturated carbocycles. The molecule has 0 radical (unpaired) electrons. The highest BCUT2D eigenvalue weighted by Crippen LogP contribution is 2.14. The van der Waals surface area contributed by atoms with Crippen LogP contribution in [0.3, 0.4) is 0 Å². The summed E-state index contributed by atoms with van der Waals surface area (Å²) in [5.74, 6) is -0.806. The first-order valence-corrected chi connectivity index (χ1v) is 5.77. The standard InChI is InChI=1S/C14H10N2O3/c1-8-2-4-9(5-3-8)16-14(19)12-10(17)6-7-11(18)13(12)15-16/h2-7,15H,1H3. The molecule has 0 fully saturated rings. The Balaban J connectivity index is 2.24. The number of nitrogens with one attached hydrogen (secondary N) is 1. The largest absolute Gasteiger partial charge is 0.289 e. The van der Waals surface area contributed by atoms with Crippen LogP contribution in [0.2, 0.25) is 0 Å². The topological polar surface area (TPSA) is 71.9 Å². The fraction of sp³-hybridized carbons (Fsp3) is 0.0714. The highest BCUT2D eigenvalue weighted by Gasteiger charge is 2.26. The summed E-state index contributed by atoms with van der Waals surface area (Å²) in [6.45, 7) is 1.93. The molecule has 0 saturated heterocycles. The predicted molar refractivity (Wildman–Crippen MR) is 68.9 cm³/mol. The number of benzene rings is 1. The summed E-state index contributed by atoms with van der Waals surface area (Å²) in [7, 11) is 0. The molecule has 94 valence electrons. The molecule has 0 aliphatic heterocycles. The van der Waals surface area contributed by atoms with Crippen LogP contribution in [0.5, 0.6) is 0 Å². The van der Waals surface area contributed by atoms with Gasteiger partial charge in [0.05, 0.1) is 5.69 Å². The average Bonchev–Trinajstić information content (AvgIpc) is 2.74. The maximum atomic E-state index is 12.2. The summed E-state index contributed by atoms with van der Waals surface area (Å²) < 4.78 is 1.22.